The van der Waals surface area contributed by atoms with E-state index in [1.165, 1.54) is 54.6 Å². The van der Waals surface area contributed by atoms with Gasteiger partial charge in [-0.05, 0) is 64.4 Å². The highest BCUT2D eigenvalue weighted by Gasteiger charge is 2.21. The predicted molar refractivity (Wildman–Crippen MR) is 208 cm³/mol. The van der Waals surface area contributed by atoms with Crippen molar-refractivity contribution in [3.63, 3.8) is 0 Å². The molecule has 0 aliphatic heterocycles. The third kappa shape index (κ3) is 3.81. The molecule has 0 saturated heterocycles. The van der Waals surface area contributed by atoms with E-state index >= 15 is 0 Å². The van der Waals surface area contributed by atoms with Crippen molar-refractivity contribution in [1.29, 1.82) is 0 Å². The van der Waals surface area contributed by atoms with Crippen molar-refractivity contribution in [3.8, 4) is 34.0 Å². The number of benzene rings is 8. The van der Waals surface area contributed by atoms with Gasteiger partial charge in [-0.1, -0.05) is 127 Å². The third-order valence-electron chi connectivity index (χ3n) is 10.3. The molecule has 0 aliphatic carbocycles. The van der Waals surface area contributed by atoms with Gasteiger partial charge in [-0.15, -0.1) is 0 Å². The zero-order valence-electron chi connectivity index (χ0n) is 27.0. The first-order valence-electron chi connectivity index (χ1n) is 17.0. The van der Waals surface area contributed by atoms with Crippen molar-refractivity contribution in [2.45, 2.75) is 0 Å². The van der Waals surface area contributed by atoms with Gasteiger partial charge in [-0.25, -0.2) is 9.97 Å². The molecule has 8 aromatic carbocycles. The minimum Gasteiger partial charge on any atom is -0.309 e. The number of hydrogen-bond donors (Lipinski definition) is 0. The molecule has 11 rings (SSSR count). The lowest BCUT2D eigenvalue weighted by molar-refractivity contribution is 1.01. The summed E-state index contributed by atoms with van der Waals surface area (Å²) >= 11 is 0. The van der Waals surface area contributed by atoms with E-state index in [0.717, 1.165) is 38.8 Å². The quantitative estimate of drug-likeness (QED) is 0.180. The topological polar surface area (TPSA) is 35.6 Å². The molecule has 4 nitrogen and oxygen atoms in total. The highest BCUT2D eigenvalue weighted by molar-refractivity contribution is 6.26. The highest BCUT2D eigenvalue weighted by Crippen LogP contribution is 2.43. The van der Waals surface area contributed by atoms with Gasteiger partial charge in [0.05, 0.1) is 33.3 Å². The molecule has 0 N–H and O–H groups in total. The average molecular weight is 637 g/mol. The van der Waals surface area contributed by atoms with Gasteiger partial charge in [0.25, 0.3) is 0 Å². The summed E-state index contributed by atoms with van der Waals surface area (Å²) in [6.07, 6.45) is 0. The van der Waals surface area contributed by atoms with Crippen LogP contribution in [-0.4, -0.2) is 19.1 Å². The van der Waals surface area contributed by atoms with E-state index in [4.69, 9.17) is 9.97 Å². The molecule has 0 unspecified atom stereocenters. The standard InChI is InChI=1S/C46H28N4/c1-3-12-30(13-4-1)45-37-18-7-9-19-38(37)47-46(48-45)50-39-20-10-8-17-34(39)35-24-23-31(28-42(35)50)33-26-27-41-44-36(33)25-22-29-14-11-21-40(43(29)44)49(41)32-15-5-2-6-16-32/h1-28H. The maximum atomic E-state index is 5.30. The Morgan fingerprint density at radius 1 is 0.380 bits per heavy atom. The smallest absolute Gasteiger partial charge is 0.235 e. The molecule has 0 atom stereocenters. The molecular formula is C46H28N4. The van der Waals surface area contributed by atoms with Gasteiger partial charge in [0.2, 0.25) is 5.95 Å². The Bertz CT molecular complexity index is 3080. The average Bonchev–Trinajstić information content (AvgIpc) is 3.70. The first-order chi connectivity index (χ1) is 24.8. The van der Waals surface area contributed by atoms with Crippen LogP contribution in [0.15, 0.2) is 170 Å². The summed E-state index contributed by atoms with van der Waals surface area (Å²) < 4.78 is 4.64. The van der Waals surface area contributed by atoms with Gasteiger partial charge < -0.3 is 4.57 Å². The summed E-state index contributed by atoms with van der Waals surface area (Å²) in [5.74, 6) is 0.665. The lowest BCUT2D eigenvalue weighted by atomic mass is 9.94. The van der Waals surface area contributed by atoms with Crippen LogP contribution in [0, 0.1) is 0 Å². The molecule has 0 spiro atoms. The number of aromatic nitrogens is 4. The van der Waals surface area contributed by atoms with E-state index < -0.39 is 0 Å². The van der Waals surface area contributed by atoms with Gasteiger partial charge >= 0.3 is 0 Å². The number of rotatable bonds is 4. The van der Waals surface area contributed by atoms with Crippen molar-refractivity contribution in [2.75, 3.05) is 0 Å². The summed E-state index contributed by atoms with van der Waals surface area (Å²) in [6.45, 7) is 0. The van der Waals surface area contributed by atoms with Gasteiger partial charge in [-0.3, -0.25) is 4.57 Å². The SMILES string of the molecule is c1ccc(-c2nc(-n3c4ccccc4c4ccc(-c5ccc6c7c5ccc5cccc(c57)n6-c5ccccc5)cc43)nc3ccccc23)cc1. The van der Waals surface area contributed by atoms with Gasteiger partial charge in [0.15, 0.2) is 0 Å². The minimum atomic E-state index is 0.665. The van der Waals surface area contributed by atoms with Crippen LogP contribution in [-0.2, 0) is 0 Å². The van der Waals surface area contributed by atoms with Crippen LogP contribution in [0.4, 0.5) is 0 Å². The van der Waals surface area contributed by atoms with Gasteiger partial charge in [-0.2, -0.15) is 0 Å². The van der Waals surface area contributed by atoms with Gasteiger partial charge in [0.1, 0.15) is 0 Å². The Morgan fingerprint density at radius 2 is 1.08 bits per heavy atom. The summed E-state index contributed by atoms with van der Waals surface area (Å²) in [7, 11) is 0. The molecule has 4 heteroatoms. The first-order valence-corrected chi connectivity index (χ1v) is 17.0. The fourth-order valence-corrected chi connectivity index (χ4v) is 8.13. The zero-order valence-corrected chi connectivity index (χ0v) is 27.0. The molecule has 0 bridgehead atoms. The van der Waals surface area contributed by atoms with Gasteiger partial charge in [0, 0.05) is 38.2 Å². The predicted octanol–water partition coefficient (Wildman–Crippen LogP) is 11.7. The lowest BCUT2D eigenvalue weighted by Crippen LogP contribution is -2.03. The molecule has 0 aliphatic rings. The molecule has 0 amide bonds. The second-order valence-corrected chi connectivity index (χ2v) is 13.0. The Kier molecular flexibility index (Phi) is 5.63. The van der Waals surface area contributed by atoms with Crippen LogP contribution in [0.2, 0.25) is 0 Å². The second-order valence-electron chi connectivity index (χ2n) is 13.0. The van der Waals surface area contributed by atoms with Crippen LogP contribution in [0.1, 0.15) is 0 Å². The summed E-state index contributed by atoms with van der Waals surface area (Å²) in [4.78, 5) is 10.5. The van der Waals surface area contributed by atoms with Crippen LogP contribution < -0.4 is 0 Å². The molecule has 0 radical (unpaired) electrons. The molecule has 3 heterocycles. The van der Waals surface area contributed by atoms with Crippen molar-refractivity contribution < 1.29 is 0 Å². The fourth-order valence-electron chi connectivity index (χ4n) is 8.13. The molecule has 50 heavy (non-hydrogen) atoms. The van der Waals surface area contributed by atoms with Crippen molar-refractivity contribution in [1.82, 2.24) is 19.1 Å². The largest absolute Gasteiger partial charge is 0.309 e. The number of nitrogens with zero attached hydrogens (tertiary/aromatic N) is 4. The second kappa shape index (κ2) is 10.4. The molecular weight excluding hydrogens is 609 g/mol. The summed E-state index contributed by atoms with van der Waals surface area (Å²) in [5, 5.41) is 8.50. The van der Waals surface area contributed by atoms with E-state index in [0.29, 0.717) is 5.95 Å². The normalized spacial score (nSPS) is 12.0. The first kappa shape index (κ1) is 27.2. The number of fused-ring (bicyclic) bond motifs is 4. The molecule has 0 saturated carbocycles. The van der Waals surface area contributed by atoms with Crippen molar-refractivity contribution in [2.24, 2.45) is 0 Å². The van der Waals surface area contributed by atoms with Crippen LogP contribution in [0.25, 0.3) is 99.3 Å². The highest BCUT2D eigenvalue weighted by atomic mass is 15.2. The summed E-state index contributed by atoms with van der Waals surface area (Å²) in [6, 6.07) is 60.6. The van der Waals surface area contributed by atoms with E-state index in [2.05, 4.69) is 167 Å². The number of hydrogen-bond acceptors (Lipinski definition) is 2. The molecule has 0 fully saturated rings. The van der Waals surface area contributed by atoms with Crippen molar-refractivity contribution in [3.05, 3.63) is 170 Å². The van der Waals surface area contributed by atoms with E-state index in [-0.39, 0.29) is 0 Å². The zero-order chi connectivity index (χ0) is 32.8. The Balaban J connectivity index is 1.19. The minimum absolute atomic E-state index is 0.665. The molecule has 3 aromatic heterocycles. The molecule has 11 aromatic rings. The van der Waals surface area contributed by atoms with Crippen LogP contribution in [0.3, 0.4) is 0 Å². The van der Waals surface area contributed by atoms with Crippen LogP contribution in [0.5, 0.6) is 0 Å². The van der Waals surface area contributed by atoms with E-state index in [1.807, 2.05) is 12.1 Å². The van der Waals surface area contributed by atoms with Crippen molar-refractivity contribution >= 4 is 65.3 Å². The van der Waals surface area contributed by atoms with E-state index in [1.54, 1.807) is 0 Å². The monoisotopic (exact) mass is 636 g/mol. The lowest BCUT2D eigenvalue weighted by Gasteiger charge is -2.13. The maximum absolute atomic E-state index is 5.30. The Labute approximate surface area is 287 Å². The van der Waals surface area contributed by atoms with Crippen LogP contribution >= 0.6 is 0 Å². The Morgan fingerprint density at radius 3 is 1.96 bits per heavy atom. The van der Waals surface area contributed by atoms with E-state index in [9.17, 15) is 0 Å². The summed E-state index contributed by atoms with van der Waals surface area (Å²) in [5.41, 5.74) is 11.1. The fraction of sp³-hybridized carbons (Fsp3) is 0. The Hall–Kier alpha value is -6.78. The third-order valence-corrected chi connectivity index (χ3v) is 10.3. The number of para-hydroxylation sites is 3. The maximum Gasteiger partial charge on any atom is 0.235 e. The molecule has 232 valence electrons.